The number of methoxy groups -OCH3 is 1. The van der Waals surface area contributed by atoms with Gasteiger partial charge in [-0.1, -0.05) is 35.9 Å². The van der Waals surface area contributed by atoms with Crippen LogP contribution in [0.15, 0.2) is 47.4 Å². The zero-order valence-electron chi connectivity index (χ0n) is 13.6. The molecule has 0 radical (unpaired) electrons. The quantitative estimate of drug-likeness (QED) is 0.761. The molecule has 2 rings (SSSR count). The topological polar surface area (TPSA) is 63.7 Å². The minimum atomic E-state index is -3.77. The second-order valence-corrected chi connectivity index (χ2v) is 7.77. The van der Waals surface area contributed by atoms with Crippen LogP contribution in [-0.4, -0.2) is 32.8 Å². The van der Waals surface area contributed by atoms with E-state index < -0.39 is 16.0 Å². The predicted octanol–water partition coefficient (Wildman–Crippen LogP) is 3.26. The first kappa shape index (κ1) is 18.4. The lowest BCUT2D eigenvalue weighted by molar-refractivity contribution is 0.0599. The van der Waals surface area contributed by atoms with Crippen molar-refractivity contribution in [1.29, 1.82) is 0 Å². The fourth-order valence-electron chi connectivity index (χ4n) is 2.22. The molecule has 0 spiro atoms. The number of aryl methyl sites for hydroxylation is 1. The van der Waals surface area contributed by atoms with Gasteiger partial charge >= 0.3 is 5.97 Å². The molecule has 24 heavy (non-hydrogen) atoms. The van der Waals surface area contributed by atoms with E-state index in [9.17, 15) is 13.2 Å². The average molecular weight is 368 g/mol. The second kappa shape index (κ2) is 7.34. The maximum absolute atomic E-state index is 12.8. The Morgan fingerprint density at radius 3 is 2.50 bits per heavy atom. The summed E-state index contributed by atoms with van der Waals surface area (Å²) in [5.41, 5.74) is 1.57. The number of nitrogens with zero attached hydrogens (tertiary/aromatic N) is 1. The highest BCUT2D eigenvalue weighted by Gasteiger charge is 2.23. The average Bonchev–Trinajstić information content (AvgIpc) is 2.56. The van der Waals surface area contributed by atoms with Crippen molar-refractivity contribution >= 4 is 27.6 Å². The fraction of sp³-hybridized carbons (Fsp3) is 0.235. The van der Waals surface area contributed by atoms with Gasteiger partial charge in [0.1, 0.15) is 0 Å². The number of rotatable bonds is 5. The van der Waals surface area contributed by atoms with E-state index in [1.165, 1.54) is 30.6 Å². The van der Waals surface area contributed by atoms with E-state index in [0.29, 0.717) is 16.1 Å². The number of ether oxygens (including phenoxy) is 1. The molecule has 0 saturated carbocycles. The molecule has 0 N–H and O–H groups in total. The summed E-state index contributed by atoms with van der Waals surface area (Å²) in [4.78, 5) is 11.8. The van der Waals surface area contributed by atoms with Gasteiger partial charge in [-0.25, -0.2) is 13.2 Å². The van der Waals surface area contributed by atoms with Gasteiger partial charge in [0, 0.05) is 18.6 Å². The highest BCUT2D eigenvalue weighted by Crippen LogP contribution is 2.23. The monoisotopic (exact) mass is 367 g/mol. The van der Waals surface area contributed by atoms with E-state index in [4.69, 9.17) is 16.3 Å². The van der Waals surface area contributed by atoms with E-state index in [0.717, 1.165) is 0 Å². The van der Waals surface area contributed by atoms with Gasteiger partial charge in [0.15, 0.2) is 0 Å². The van der Waals surface area contributed by atoms with Crippen molar-refractivity contribution < 1.29 is 17.9 Å². The van der Waals surface area contributed by atoms with Crippen molar-refractivity contribution in [2.24, 2.45) is 0 Å². The number of hydrogen-bond acceptors (Lipinski definition) is 4. The molecule has 0 saturated heterocycles. The molecule has 0 aliphatic carbocycles. The van der Waals surface area contributed by atoms with Crippen LogP contribution in [0.3, 0.4) is 0 Å². The predicted molar refractivity (Wildman–Crippen MR) is 92.6 cm³/mol. The van der Waals surface area contributed by atoms with Crippen LogP contribution < -0.4 is 0 Å². The van der Waals surface area contributed by atoms with Crippen LogP contribution in [0, 0.1) is 6.92 Å². The maximum atomic E-state index is 12.8. The van der Waals surface area contributed by atoms with Crippen LogP contribution in [0.1, 0.15) is 21.5 Å². The normalized spacial score (nSPS) is 11.5. The number of carbonyl (C=O) groups excluding carboxylic acids is 1. The highest BCUT2D eigenvalue weighted by molar-refractivity contribution is 7.89. The number of halogens is 1. The molecule has 0 amide bonds. The summed E-state index contributed by atoms with van der Waals surface area (Å²) in [6.07, 6.45) is 0. The molecule has 0 atom stereocenters. The molecule has 0 aromatic heterocycles. The molecular formula is C17H18ClNO4S. The summed E-state index contributed by atoms with van der Waals surface area (Å²) >= 11 is 6.09. The van der Waals surface area contributed by atoms with E-state index in [1.807, 2.05) is 0 Å². The van der Waals surface area contributed by atoms with Gasteiger partial charge in [-0.3, -0.25) is 0 Å². The molecule has 0 aliphatic heterocycles. The Hall–Kier alpha value is -1.89. The first-order valence-electron chi connectivity index (χ1n) is 7.16. The Bertz CT molecular complexity index is 865. The molecule has 7 heteroatoms. The zero-order chi connectivity index (χ0) is 17.9. The van der Waals surface area contributed by atoms with Crippen molar-refractivity contribution in [3.05, 3.63) is 64.2 Å². The third kappa shape index (κ3) is 3.77. The Morgan fingerprint density at radius 1 is 1.21 bits per heavy atom. The largest absolute Gasteiger partial charge is 0.465 e. The Kier molecular flexibility index (Phi) is 5.64. The number of sulfonamides is 1. The molecule has 0 heterocycles. The lowest BCUT2D eigenvalue weighted by Gasteiger charge is -2.18. The van der Waals surface area contributed by atoms with Gasteiger partial charge in [-0.05, 0) is 36.2 Å². The minimum absolute atomic E-state index is 0.0306. The fourth-order valence-corrected chi connectivity index (χ4v) is 3.59. The minimum Gasteiger partial charge on any atom is -0.465 e. The number of hydrogen-bond donors (Lipinski definition) is 0. The Balaban J connectivity index is 2.36. The van der Waals surface area contributed by atoms with Gasteiger partial charge in [0.05, 0.1) is 17.6 Å². The van der Waals surface area contributed by atoms with Gasteiger partial charge < -0.3 is 4.74 Å². The van der Waals surface area contributed by atoms with Crippen molar-refractivity contribution in [2.75, 3.05) is 14.2 Å². The van der Waals surface area contributed by atoms with Crippen LogP contribution in [0.4, 0.5) is 0 Å². The summed E-state index contributed by atoms with van der Waals surface area (Å²) in [5.74, 6) is -0.571. The zero-order valence-corrected chi connectivity index (χ0v) is 15.2. The maximum Gasteiger partial charge on any atom is 0.338 e. The van der Waals surface area contributed by atoms with E-state index >= 15 is 0 Å². The molecule has 0 fully saturated rings. The standard InChI is InChI=1S/C17H18ClNO4S/c1-12-8-9-14(10-15(12)17(20)23-3)24(21,22)19(2)11-13-6-4-5-7-16(13)18/h4-10H,11H2,1-3H3. The SMILES string of the molecule is COC(=O)c1cc(S(=O)(=O)N(C)Cc2ccccc2Cl)ccc1C. The molecular weight excluding hydrogens is 350 g/mol. The smallest absolute Gasteiger partial charge is 0.338 e. The Labute approximate surface area is 146 Å². The van der Waals surface area contributed by atoms with Crippen molar-refractivity contribution in [1.82, 2.24) is 4.31 Å². The van der Waals surface area contributed by atoms with Crippen LogP contribution in [0.5, 0.6) is 0 Å². The first-order chi connectivity index (χ1) is 11.3. The van der Waals surface area contributed by atoms with Crippen molar-refractivity contribution in [2.45, 2.75) is 18.4 Å². The van der Waals surface area contributed by atoms with Crippen molar-refractivity contribution in [3.63, 3.8) is 0 Å². The summed E-state index contributed by atoms with van der Waals surface area (Å²) < 4.78 is 31.4. The summed E-state index contributed by atoms with van der Waals surface area (Å²) in [7, 11) is -1.04. The molecule has 2 aromatic carbocycles. The lowest BCUT2D eigenvalue weighted by atomic mass is 10.1. The van der Waals surface area contributed by atoms with Crippen LogP contribution >= 0.6 is 11.6 Å². The van der Waals surface area contributed by atoms with Crippen LogP contribution in [0.2, 0.25) is 5.02 Å². The van der Waals surface area contributed by atoms with Gasteiger partial charge in [0.25, 0.3) is 0 Å². The molecule has 128 valence electrons. The van der Waals surface area contributed by atoms with Gasteiger partial charge in [0.2, 0.25) is 10.0 Å². The molecule has 2 aromatic rings. The summed E-state index contributed by atoms with van der Waals surface area (Å²) in [6, 6.07) is 11.4. The highest BCUT2D eigenvalue weighted by atomic mass is 35.5. The van der Waals surface area contributed by atoms with Crippen LogP contribution in [0.25, 0.3) is 0 Å². The van der Waals surface area contributed by atoms with Gasteiger partial charge in [-0.2, -0.15) is 4.31 Å². The first-order valence-corrected chi connectivity index (χ1v) is 8.98. The third-order valence-electron chi connectivity index (χ3n) is 3.67. The van der Waals surface area contributed by atoms with Gasteiger partial charge in [-0.15, -0.1) is 0 Å². The number of benzene rings is 2. The van der Waals surface area contributed by atoms with E-state index in [1.54, 1.807) is 37.3 Å². The number of carbonyl (C=O) groups is 1. The molecule has 5 nitrogen and oxygen atoms in total. The lowest BCUT2D eigenvalue weighted by Crippen LogP contribution is -2.27. The molecule has 0 aliphatic rings. The summed E-state index contributed by atoms with van der Waals surface area (Å²) in [6.45, 7) is 1.85. The number of esters is 1. The van der Waals surface area contributed by atoms with E-state index in [-0.39, 0.29) is 17.0 Å². The van der Waals surface area contributed by atoms with Crippen LogP contribution in [-0.2, 0) is 21.3 Å². The molecule has 0 unspecified atom stereocenters. The second-order valence-electron chi connectivity index (χ2n) is 5.32. The van der Waals surface area contributed by atoms with Crippen molar-refractivity contribution in [3.8, 4) is 0 Å². The Morgan fingerprint density at radius 2 is 1.88 bits per heavy atom. The third-order valence-corrected chi connectivity index (χ3v) is 5.84. The molecule has 0 bridgehead atoms. The summed E-state index contributed by atoms with van der Waals surface area (Å²) in [5, 5.41) is 0.499. The van der Waals surface area contributed by atoms with E-state index in [2.05, 4.69) is 0 Å².